The number of carbonyl (C=O) groups is 2. The summed E-state index contributed by atoms with van der Waals surface area (Å²) in [5, 5.41) is 14.5. The van der Waals surface area contributed by atoms with Crippen LogP contribution in [0.15, 0.2) is 35.5 Å². The zero-order chi connectivity index (χ0) is 22.4. The number of Topliss-reactive ketones (excluding diaryl/α,β-unsaturated/α-hetero) is 1. The molecule has 0 spiro atoms. The molecule has 2 rings (SSSR count). The highest BCUT2D eigenvalue weighted by atomic mass is 35.5. The molecule has 2 aromatic rings. The first-order valence-corrected chi connectivity index (χ1v) is 9.62. The van der Waals surface area contributed by atoms with Gasteiger partial charge in [-0.1, -0.05) is 29.3 Å². The second-order valence-corrected chi connectivity index (χ2v) is 7.29. The number of rotatable bonds is 7. The van der Waals surface area contributed by atoms with Crippen LogP contribution in [0.4, 0.5) is 0 Å². The minimum absolute atomic E-state index is 0.0753. The zero-order valence-electron chi connectivity index (χ0n) is 16.7. The van der Waals surface area contributed by atoms with E-state index in [1.165, 1.54) is 13.0 Å². The summed E-state index contributed by atoms with van der Waals surface area (Å²) in [5.74, 6) is -1.38. The molecule has 0 amide bonds. The standard InChI is InChI=1S/C21H20Cl2N4O3/c1-12(25)16(9-24)20(28)11-30-21(29)8-7-15-13(2)26-27(14(15)3)10-17-18(22)5-4-6-19(17)23/h4-8H,10-11,25H2,1-3H3. The summed E-state index contributed by atoms with van der Waals surface area (Å²) in [6, 6.07) is 6.97. The zero-order valence-corrected chi connectivity index (χ0v) is 18.2. The molecule has 0 radical (unpaired) electrons. The van der Waals surface area contributed by atoms with Crippen molar-refractivity contribution in [3.8, 4) is 6.07 Å². The highest BCUT2D eigenvalue weighted by molar-refractivity contribution is 6.35. The van der Waals surface area contributed by atoms with Gasteiger partial charge < -0.3 is 10.5 Å². The second kappa shape index (κ2) is 10.1. The first-order chi connectivity index (χ1) is 14.1. The average molecular weight is 447 g/mol. The van der Waals surface area contributed by atoms with Crippen molar-refractivity contribution in [3.63, 3.8) is 0 Å². The van der Waals surface area contributed by atoms with Gasteiger partial charge in [-0.2, -0.15) is 10.4 Å². The lowest BCUT2D eigenvalue weighted by Gasteiger charge is -2.09. The predicted octanol–water partition coefficient (Wildman–Crippen LogP) is 3.74. The van der Waals surface area contributed by atoms with Crippen molar-refractivity contribution in [2.45, 2.75) is 27.3 Å². The number of nitrogens with zero attached hydrogens (tertiary/aromatic N) is 3. The molecule has 0 saturated carbocycles. The molecule has 156 valence electrons. The number of ketones is 1. The Bertz CT molecular complexity index is 1070. The first kappa shape index (κ1) is 23.2. The predicted molar refractivity (Wildman–Crippen MR) is 115 cm³/mol. The molecule has 7 nitrogen and oxygen atoms in total. The van der Waals surface area contributed by atoms with Crippen LogP contribution >= 0.6 is 23.2 Å². The quantitative estimate of drug-likeness (QED) is 0.393. The molecular formula is C21H20Cl2N4O3. The summed E-state index contributed by atoms with van der Waals surface area (Å²) < 4.78 is 6.63. The molecule has 0 bridgehead atoms. The Kier molecular flexibility index (Phi) is 7.81. The van der Waals surface area contributed by atoms with Gasteiger partial charge in [-0.15, -0.1) is 0 Å². The van der Waals surface area contributed by atoms with Crippen molar-refractivity contribution < 1.29 is 14.3 Å². The van der Waals surface area contributed by atoms with Crippen LogP contribution in [0.2, 0.25) is 10.0 Å². The molecule has 2 N–H and O–H groups in total. The number of nitriles is 1. The van der Waals surface area contributed by atoms with Crippen molar-refractivity contribution >= 4 is 41.0 Å². The van der Waals surface area contributed by atoms with E-state index >= 15 is 0 Å². The van der Waals surface area contributed by atoms with E-state index in [0.29, 0.717) is 22.3 Å². The van der Waals surface area contributed by atoms with Gasteiger partial charge in [0.25, 0.3) is 0 Å². The van der Waals surface area contributed by atoms with Crippen molar-refractivity contribution in [1.82, 2.24) is 9.78 Å². The highest BCUT2D eigenvalue weighted by Gasteiger charge is 2.15. The fourth-order valence-electron chi connectivity index (χ4n) is 2.72. The average Bonchev–Trinajstić information content (AvgIpc) is 2.94. The molecular weight excluding hydrogens is 427 g/mol. The van der Waals surface area contributed by atoms with Crippen LogP contribution in [0.1, 0.15) is 29.4 Å². The van der Waals surface area contributed by atoms with Gasteiger partial charge in [0.2, 0.25) is 5.78 Å². The van der Waals surface area contributed by atoms with Gasteiger partial charge >= 0.3 is 5.97 Å². The lowest BCUT2D eigenvalue weighted by atomic mass is 10.1. The Hall–Kier alpha value is -3.08. The summed E-state index contributed by atoms with van der Waals surface area (Å²) in [6.07, 6.45) is 2.76. The number of esters is 1. The number of aromatic nitrogens is 2. The second-order valence-electron chi connectivity index (χ2n) is 6.48. The monoisotopic (exact) mass is 446 g/mol. The Morgan fingerprint density at radius 1 is 1.30 bits per heavy atom. The smallest absolute Gasteiger partial charge is 0.331 e. The van der Waals surface area contributed by atoms with Gasteiger partial charge in [-0.05, 0) is 39.0 Å². The van der Waals surface area contributed by atoms with E-state index in [1.807, 2.05) is 6.92 Å². The van der Waals surface area contributed by atoms with Crippen molar-refractivity contribution in [2.24, 2.45) is 5.73 Å². The SMILES string of the molecule is CC(N)=C(C#N)C(=O)COC(=O)C=Cc1c(C)nn(Cc2c(Cl)cccc2Cl)c1C. The fraction of sp³-hybridized carbons (Fsp3) is 0.238. The summed E-state index contributed by atoms with van der Waals surface area (Å²) in [7, 11) is 0. The Morgan fingerprint density at radius 3 is 2.50 bits per heavy atom. The number of halogens is 2. The van der Waals surface area contributed by atoms with E-state index in [-0.39, 0.29) is 11.3 Å². The Balaban J connectivity index is 2.11. The van der Waals surface area contributed by atoms with E-state index in [1.54, 1.807) is 41.9 Å². The van der Waals surface area contributed by atoms with Crippen LogP contribution in [-0.4, -0.2) is 28.1 Å². The normalized spacial score (nSPS) is 11.9. The summed E-state index contributed by atoms with van der Waals surface area (Å²) in [6.45, 7) is 4.90. The topological polar surface area (TPSA) is 111 Å². The molecule has 1 heterocycles. The van der Waals surface area contributed by atoms with Gasteiger partial charge in [-0.3, -0.25) is 9.48 Å². The minimum atomic E-state index is -0.726. The van der Waals surface area contributed by atoms with E-state index in [9.17, 15) is 9.59 Å². The van der Waals surface area contributed by atoms with Crippen molar-refractivity contribution in [1.29, 1.82) is 5.26 Å². The molecule has 0 aliphatic rings. The third-order valence-corrected chi connectivity index (χ3v) is 5.03. The molecule has 0 fully saturated rings. The number of benzene rings is 1. The van der Waals surface area contributed by atoms with Crippen LogP contribution in [-0.2, 0) is 20.9 Å². The molecule has 0 saturated heterocycles. The van der Waals surface area contributed by atoms with Gasteiger partial charge in [0, 0.05) is 38.6 Å². The van der Waals surface area contributed by atoms with E-state index in [0.717, 1.165) is 16.8 Å². The highest BCUT2D eigenvalue weighted by Crippen LogP contribution is 2.26. The van der Waals surface area contributed by atoms with Crippen LogP contribution < -0.4 is 5.73 Å². The van der Waals surface area contributed by atoms with Crippen molar-refractivity contribution in [2.75, 3.05) is 6.61 Å². The van der Waals surface area contributed by atoms with E-state index < -0.39 is 18.4 Å². The molecule has 1 aromatic heterocycles. The molecule has 30 heavy (non-hydrogen) atoms. The van der Waals surface area contributed by atoms with Gasteiger partial charge in [0.05, 0.1) is 12.2 Å². The third-order valence-electron chi connectivity index (χ3n) is 4.32. The number of allylic oxidation sites excluding steroid dienone is 1. The largest absolute Gasteiger partial charge is 0.454 e. The number of carbonyl (C=O) groups excluding carboxylic acids is 2. The molecule has 9 heteroatoms. The molecule has 1 aromatic carbocycles. The Morgan fingerprint density at radius 2 is 1.93 bits per heavy atom. The maximum atomic E-state index is 12.0. The van der Waals surface area contributed by atoms with Crippen LogP contribution in [0.25, 0.3) is 6.08 Å². The Labute approximate surface area is 184 Å². The van der Waals surface area contributed by atoms with Crippen LogP contribution in [0, 0.1) is 25.2 Å². The summed E-state index contributed by atoms with van der Waals surface area (Å²) in [4.78, 5) is 23.8. The summed E-state index contributed by atoms with van der Waals surface area (Å²) in [5.41, 5.74) is 8.29. The molecule has 0 atom stereocenters. The number of nitrogens with two attached hydrogens (primary N) is 1. The van der Waals surface area contributed by atoms with E-state index in [4.69, 9.17) is 38.9 Å². The maximum Gasteiger partial charge on any atom is 0.331 e. The number of hydrogen-bond acceptors (Lipinski definition) is 6. The van der Waals surface area contributed by atoms with Gasteiger partial charge in [0.15, 0.2) is 6.61 Å². The molecule has 0 unspecified atom stereocenters. The maximum absolute atomic E-state index is 12.0. The molecule has 0 aliphatic carbocycles. The first-order valence-electron chi connectivity index (χ1n) is 8.87. The van der Waals surface area contributed by atoms with Crippen molar-refractivity contribution in [3.05, 3.63) is 68.1 Å². The van der Waals surface area contributed by atoms with Gasteiger partial charge in [0.1, 0.15) is 11.6 Å². The lowest BCUT2D eigenvalue weighted by Crippen LogP contribution is -2.16. The number of hydrogen-bond donors (Lipinski definition) is 1. The number of ether oxygens (including phenoxy) is 1. The van der Waals surface area contributed by atoms with Gasteiger partial charge in [-0.25, -0.2) is 4.79 Å². The van der Waals surface area contributed by atoms with E-state index in [2.05, 4.69) is 5.10 Å². The summed E-state index contributed by atoms with van der Waals surface area (Å²) >= 11 is 12.5. The number of aryl methyl sites for hydroxylation is 1. The molecule has 0 aliphatic heterocycles. The fourth-order valence-corrected chi connectivity index (χ4v) is 3.23. The van der Waals surface area contributed by atoms with Crippen LogP contribution in [0.5, 0.6) is 0 Å². The van der Waals surface area contributed by atoms with Crippen LogP contribution in [0.3, 0.4) is 0 Å². The lowest BCUT2D eigenvalue weighted by molar-refractivity contribution is -0.141. The third kappa shape index (κ3) is 5.50. The minimum Gasteiger partial charge on any atom is -0.454 e.